The van der Waals surface area contributed by atoms with E-state index in [0.717, 1.165) is 199 Å². The first-order valence-electron chi connectivity index (χ1n) is 41.1. The predicted octanol–water partition coefficient (Wildman–Crippen LogP) is 29.2. The summed E-state index contributed by atoms with van der Waals surface area (Å²) in [6.45, 7) is 0. The highest BCUT2D eigenvalue weighted by molar-refractivity contribution is 7.91. The predicted molar refractivity (Wildman–Crippen MR) is 505 cm³/mol. The summed E-state index contributed by atoms with van der Waals surface area (Å²) in [4.78, 5) is 8.28. The van der Waals surface area contributed by atoms with Crippen molar-refractivity contribution in [3.8, 4) is 22.3 Å². The lowest BCUT2D eigenvalue weighted by molar-refractivity contribution is 0.596. The van der Waals surface area contributed by atoms with Crippen LogP contribution in [-0.2, 0) is 9.84 Å². The number of aromatic nitrogens is 2. The molecule has 572 valence electrons. The lowest BCUT2D eigenvalue weighted by Crippen LogP contribution is -2.02. The molecule has 0 spiro atoms. The van der Waals surface area contributed by atoms with Gasteiger partial charge in [0.2, 0.25) is 9.84 Å². The standard InChI is InChI=1S/C116H80N2O2S/c119-121(120,97-67-61-79(62-68-97)99-75-95(113(91-57-33-11-34-58-91)109(85-45-21-5-22-46-85)86-47-23-6-24-48-86)77-103-101-73-93(65-71-105(101)117-115(99)103)111(89-53-29-9-30-54-89)107(81-37-13-1-14-38-81)82-39-15-2-16-40-82)98-69-63-80(64-70-98)100-76-96(114(92-59-35-12-36-60-92)110(87-49-25-7-26-50-87)88-51-27-8-28-52-88)78-104-102-74-94(66-72-106(102)118-116(100)104)112(90-55-31-10-32-56-90)108(83-41-17-3-18-42-83)84-43-19-4-20-44-84/h1-78,117-118H. The third-order valence-electron chi connectivity index (χ3n) is 23.3. The number of hydrogen-bond donors (Lipinski definition) is 2. The molecular weight excluding hydrogens is 1490 g/mol. The molecule has 18 aromatic carbocycles. The van der Waals surface area contributed by atoms with Crippen LogP contribution in [0.1, 0.15) is 89.0 Å². The van der Waals surface area contributed by atoms with Crippen LogP contribution in [0.15, 0.2) is 483 Å². The zero-order chi connectivity index (χ0) is 81.0. The summed E-state index contributed by atoms with van der Waals surface area (Å²) in [5.74, 6) is 0. The van der Waals surface area contributed by atoms with Crippen LogP contribution in [0.2, 0.25) is 0 Å². The summed E-state index contributed by atoms with van der Waals surface area (Å²) in [7, 11) is -4.13. The van der Waals surface area contributed by atoms with Gasteiger partial charge in [-0.25, -0.2) is 8.42 Å². The van der Waals surface area contributed by atoms with E-state index in [2.05, 4.69) is 435 Å². The van der Waals surface area contributed by atoms with Crippen molar-refractivity contribution in [1.29, 1.82) is 0 Å². The van der Waals surface area contributed by atoms with Crippen LogP contribution in [0.4, 0.5) is 0 Å². The normalized spacial score (nSPS) is 11.4. The topological polar surface area (TPSA) is 65.7 Å². The Hall–Kier alpha value is -15.5. The third kappa shape index (κ3) is 14.6. The molecule has 0 aliphatic heterocycles. The van der Waals surface area contributed by atoms with Gasteiger partial charge in [0.05, 0.1) is 20.8 Å². The van der Waals surface area contributed by atoms with Gasteiger partial charge in [0.1, 0.15) is 0 Å². The monoisotopic (exact) mass is 1560 g/mol. The van der Waals surface area contributed by atoms with Gasteiger partial charge in [0.15, 0.2) is 0 Å². The Morgan fingerprint density at radius 1 is 0.165 bits per heavy atom. The van der Waals surface area contributed by atoms with Crippen molar-refractivity contribution in [2.45, 2.75) is 9.79 Å². The molecule has 0 bridgehead atoms. The Kier molecular flexibility index (Phi) is 20.2. The van der Waals surface area contributed by atoms with Gasteiger partial charge < -0.3 is 9.97 Å². The number of hydrogen-bond acceptors (Lipinski definition) is 2. The molecular formula is C116H80N2O2S. The van der Waals surface area contributed by atoms with E-state index in [4.69, 9.17) is 0 Å². The first kappa shape index (κ1) is 74.3. The van der Waals surface area contributed by atoms with Crippen LogP contribution < -0.4 is 0 Å². The summed E-state index contributed by atoms with van der Waals surface area (Å²) in [6, 6.07) is 166. The first-order valence-corrected chi connectivity index (χ1v) is 42.6. The van der Waals surface area contributed by atoms with Gasteiger partial charge in [0.25, 0.3) is 0 Å². The van der Waals surface area contributed by atoms with E-state index in [1.165, 1.54) is 0 Å². The summed E-state index contributed by atoms with van der Waals surface area (Å²) in [5.41, 5.74) is 33.3. The van der Waals surface area contributed by atoms with Gasteiger partial charge >= 0.3 is 0 Å². The second-order valence-corrected chi connectivity index (χ2v) is 32.6. The van der Waals surface area contributed by atoms with Crippen LogP contribution in [-0.4, -0.2) is 18.4 Å². The number of fused-ring (bicyclic) bond motifs is 6. The van der Waals surface area contributed by atoms with Crippen LogP contribution in [0.25, 0.3) is 110 Å². The van der Waals surface area contributed by atoms with Gasteiger partial charge in [-0.15, -0.1) is 0 Å². The van der Waals surface area contributed by atoms with Crippen LogP contribution in [0.5, 0.6) is 0 Å². The van der Waals surface area contributed by atoms with E-state index >= 15 is 8.42 Å². The van der Waals surface area contributed by atoms with E-state index in [1.807, 2.05) is 24.3 Å². The van der Waals surface area contributed by atoms with Crippen LogP contribution in [0.3, 0.4) is 0 Å². The third-order valence-corrected chi connectivity index (χ3v) is 25.1. The van der Waals surface area contributed by atoms with Crippen molar-refractivity contribution < 1.29 is 8.42 Å². The molecule has 0 amide bonds. The molecule has 2 aromatic heterocycles. The Bertz CT molecular complexity index is 6810. The summed E-state index contributed by atoms with van der Waals surface area (Å²) >= 11 is 0. The van der Waals surface area contributed by atoms with E-state index in [0.29, 0.717) is 0 Å². The molecule has 0 unspecified atom stereocenters. The summed E-state index contributed by atoms with van der Waals surface area (Å²) in [6.07, 6.45) is 0. The maximum Gasteiger partial charge on any atom is 0.206 e. The lowest BCUT2D eigenvalue weighted by Gasteiger charge is -2.20. The maximum absolute atomic E-state index is 15.7. The van der Waals surface area contributed by atoms with Crippen molar-refractivity contribution in [1.82, 2.24) is 9.97 Å². The van der Waals surface area contributed by atoms with Gasteiger partial charge in [-0.1, -0.05) is 400 Å². The molecule has 0 fully saturated rings. The molecule has 20 rings (SSSR count). The van der Waals surface area contributed by atoms with Gasteiger partial charge in [0, 0.05) is 43.7 Å². The Morgan fingerprint density at radius 2 is 0.347 bits per heavy atom. The molecule has 0 aliphatic carbocycles. The smallest absolute Gasteiger partial charge is 0.206 e. The quantitative estimate of drug-likeness (QED) is 0.0747. The van der Waals surface area contributed by atoms with Crippen LogP contribution in [0, 0.1) is 0 Å². The minimum absolute atomic E-state index is 0.181. The summed E-state index contributed by atoms with van der Waals surface area (Å²) in [5, 5.41) is 4.14. The minimum atomic E-state index is -4.13. The highest BCUT2D eigenvalue weighted by Gasteiger charge is 2.27. The van der Waals surface area contributed by atoms with Gasteiger partial charge in [-0.05, 0) is 218 Å². The molecule has 4 nitrogen and oxygen atoms in total. The molecule has 2 N–H and O–H groups in total. The summed E-state index contributed by atoms with van der Waals surface area (Å²) < 4.78 is 31.4. The molecule has 0 saturated heterocycles. The molecule has 5 heteroatoms. The van der Waals surface area contributed by atoms with E-state index < -0.39 is 9.84 Å². The molecule has 0 aliphatic rings. The zero-order valence-electron chi connectivity index (χ0n) is 66.3. The fourth-order valence-corrected chi connectivity index (χ4v) is 19.0. The molecule has 0 saturated carbocycles. The SMILES string of the molecule is O=S(=O)(c1ccc(-c2cc(C(=C(c3ccccc3)c3ccccc3)c3ccccc3)cc3c2[nH]c2ccc(C(=C(c4ccccc4)c4ccccc4)c4ccccc4)cc23)cc1)c1ccc(-c2cc(C(=C(c3ccccc3)c3ccccc3)c3ccccc3)cc3c2[nH]c2ccc(C(=C(c4ccccc4)c4ccccc4)c4ccccc4)cc23)cc1. The second-order valence-electron chi connectivity index (χ2n) is 30.6. The first-order chi connectivity index (χ1) is 59.8. The lowest BCUT2D eigenvalue weighted by atomic mass is 9.84. The number of nitrogens with one attached hydrogen (secondary N) is 2. The Labute approximate surface area is 705 Å². The van der Waals surface area contributed by atoms with Crippen LogP contribution >= 0.6 is 0 Å². The van der Waals surface area contributed by atoms with E-state index in [9.17, 15) is 0 Å². The van der Waals surface area contributed by atoms with Gasteiger partial charge in [-0.2, -0.15) is 0 Å². The molecule has 2 heterocycles. The highest BCUT2D eigenvalue weighted by atomic mass is 32.2. The molecule has 0 atom stereocenters. The second kappa shape index (κ2) is 32.9. The number of benzene rings is 18. The molecule has 0 radical (unpaired) electrons. The van der Waals surface area contributed by atoms with E-state index in [-0.39, 0.29) is 9.79 Å². The fourth-order valence-electron chi connectivity index (χ4n) is 17.7. The van der Waals surface area contributed by atoms with Crippen molar-refractivity contribution in [2.75, 3.05) is 0 Å². The number of aromatic amines is 2. The Balaban J connectivity index is 0.757. The average molecular weight is 1570 g/mol. The molecule has 20 aromatic rings. The molecule has 121 heavy (non-hydrogen) atoms. The number of rotatable bonds is 20. The minimum Gasteiger partial charge on any atom is -0.354 e. The zero-order valence-corrected chi connectivity index (χ0v) is 67.1. The fraction of sp³-hybridized carbons (Fsp3) is 0. The average Bonchev–Trinajstić information content (AvgIpc) is 1.64. The maximum atomic E-state index is 15.7. The van der Waals surface area contributed by atoms with Crippen molar-refractivity contribution >= 4 is 98.0 Å². The van der Waals surface area contributed by atoms with Gasteiger partial charge in [-0.3, -0.25) is 0 Å². The highest BCUT2D eigenvalue weighted by Crippen LogP contribution is 2.48. The Morgan fingerprint density at radius 3 is 0.554 bits per heavy atom. The largest absolute Gasteiger partial charge is 0.354 e. The number of sulfone groups is 1. The van der Waals surface area contributed by atoms with E-state index in [1.54, 1.807) is 24.3 Å². The van der Waals surface area contributed by atoms with Crippen molar-refractivity contribution in [2.24, 2.45) is 0 Å². The van der Waals surface area contributed by atoms with Crippen molar-refractivity contribution in [3.05, 3.63) is 562 Å². The van der Waals surface area contributed by atoms with Crippen molar-refractivity contribution in [3.63, 3.8) is 0 Å². The number of H-pyrrole nitrogens is 2.